The van der Waals surface area contributed by atoms with Gasteiger partial charge in [0.2, 0.25) is 0 Å². The minimum absolute atomic E-state index is 0.147. The van der Waals surface area contributed by atoms with Gasteiger partial charge in [-0.15, -0.1) is 0 Å². The minimum atomic E-state index is -0.564. The van der Waals surface area contributed by atoms with E-state index in [1.54, 1.807) is 0 Å². The van der Waals surface area contributed by atoms with Crippen LogP contribution >= 0.6 is 0 Å². The van der Waals surface area contributed by atoms with E-state index in [1.807, 2.05) is 0 Å². The number of carbonyl (C=O) groups is 1. The van der Waals surface area contributed by atoms with E-state index in [-0.39, 0.29) is 24.5 Å². The number of nitro benzene ring substituents is 1. The highest BCUT2D eigenvalue weighted by molar-refractivity contribution is 5.61. The van der Waals surface area contributed by atoms with Gasteiger partial charge in [-0.05, 0) is 6.07 Å². The van der Waals surface area contributed by atoms with Gasteiger partial charge in [0.25, 0.3) is 5.69 Å². The van der Waals surface area contributed by atoms with Crippen molar-refractivity contribution in [1.82, 2.24) is 0 Å². The standard InChI is InChI=1S/C10H12N2O6/c1-16-4-5-17-10-3-2-8(12(14)15)6-9(10)11-18-7-13/h2-3,6-7,11H,4-5H2,1H3. The fraction of sp³-hybridized carbons (Fsp3) is 0.300. The summed E-state index contributed by atoms with van der Waals surface area (Å²) < 4.78 is 10.1. The number of hydrogen-bond acceptors (Lipinski definition) is 7. The van der Waals surface area contributed by atoms with E-state index in [9.17, 15) is 14.9 Å². The number of hydrogen-bond donors (Lipinski definition) is 1. The molecule has 98 valence electrons. The molecule has 0 aromatic heterocycles. The molecule has 0 unspecified atom stereocenters. The zero-order chi connectivity index (χ0) is 13.4. The lowest BCUT2D eigenvalue weighted by molar-refractivity contribution is -0.384. The number of methoxy groups -OCH3 is 1. The normalized spacial score (nSPS) is 9.61. The number of nitro groups is 1. The van der Waals surface area contributed by atoms with Gasteiger partial charge in [-0.25, -0.2) is 5.48 Å². The van der Waals surface area contributed by atoms with Crippen molar-refractivity contribution in [1.29, 1.82) is 0 Å². The number of benzene rings is 1. The molecule has 0 heterocycles. The second-order valence-electron chi connectivity index (χ2n) is 3.09. The first kappa shape index (κ1) is 13.7. The van der Waals surface area contributed by atoms with Crippen LogP contribution in [-0.4, -0.2) is 31.7 Å². The topological polar surface area (TPSA) is 99.9 Å². The molecule has 0 saturated carbocycles. The molecule has 0 atom stereocenters. The molecule has 1 aromatic carbocycles. The highest BCUT2D eigenvalue weighted by Crippen LogP contribution is 2.29. The lowest BCUT2D eigenvalue weighted by Gasteiger charge is -2.11. The second-order valence-corrected chi connectivity index (χ2v) is 3.09. The van der Waals surface area contributed by atoms with Crippen molar-refractivity contribution in [3.63, 3.8) is 0 Å². The molecule has 0 saturated heterocycles. The molecule has 1 N–H and O–H groups in total. The Morgan fingerprint density at radius 2 is 2.22 bits per heavy atom. The van der Waals surface area contributed by atoms with Crippen molar-refractivity contribution in [3.05, 3.63) is 28.3 Å². The molecule has 0 bridgehead atoms. The van der Waals surface area contributed by atoms with Crippen molar-refractivity contribution < 1.29 is 24.0 Å². The maximum atomic E-state index is 10.6. The molecule has 1 rings (SSSR count). The lowest BCUT2D eigenvalue weighted by Crippen LogP contribution is -2.07. The van der Waals surface area contributed by atoms with Crippen LogP contribution in [0.25, 0.3) is 0 Å². The molecule has 0 aliphatic rings. The molecule has 8 heteroatoms. The van der Waals surface area contributed by atoms with Crippen LogP contribution in [0.3, 0.4) is 0 Å². The Kier molecular flexibility index (Phi) is 5.39. The average Bonchev–Trinajstić information content (AvgIpc) is 2.37. The third-order valence-corrected chi connectivity index (χ3v) is 1.94. The summed E-state index contributed by atoms with van der Waals surface area (Å²) in [4.78, 5) is 24.5. The second kappa shape index (κ2) is 7.07. The van der Waals surface area contributed by atoms with E-state index in [0.717, 1.165) is 0 Å². The maximum Gasteiger partial charge on any atom is 0.320 e. The minimum Gasteiger partial charge on any atom is -0.489 e. The Morgan fingerprint density at radius 3 is 2.83 bits per heavy atom. The number of nitrogens with one attached hydrogen (secondary N) is 1. The number of nitrogens with zero attached hydrogens (tertiary/aromatic N) is 1. The summed E-state index contributed by atoms with van der Waals surface area (Å²) in [5.74, 6) is 0.319. The first-order chi connectivity index (χ1) is 8.69. The van der Waals surface area contributed by atoms with Crippen molar-refractivity contribution >= 4 is 17.8 Å². The predicted molar refractivity (Wildman–Crippen MR) is 61.2 cm³/mol. The first-order valence-electron chi connectivity index (χ1n) is 4.94. The largest absolute Gasteiger partial charge is 0.489 e. The third kappa shape index (κ3) is 3.91. The summed E-state index contributed by atoms with van der Waals surface area (Å²) in [6.07, 6.45) is 0. The van der Waals surface area contributed by atoms with Crippen molar-refractivity contribution in [2.24, 2.45) is 0 Å². The fourth-order valence-electron chi connectivity index (χ4n) is 1.16. The monoisotopic (exact) mass is 256 g/mol. The summed E-state index contributed by atoms with van der Waals surface area (Å²) in [6.45, 7) is 0.798. The molecule has 18 heavy (non-hydrogen) atoms. The SMILES string of the molecule is COCCOc1ccc([N+](=O)[O-])cc1NOC=O. The smallest absolute Gasteiger partial charge is 0.320 e. The Bertz CT molecular complexity index is 423. The van der Waals surface area contributed by atoms with Gasteiger partial charge >= 0.3 is 6.47 Å². The van der Waals surface area contributed by atoms with Crippen LogP contribution in [0.15, 0.2) is 18.2 Å². The first-order valence-corrected chi connectivity index (χ1v) is 4.94. The zero-order valence-corrected chi connectivity index (χ0v) is 9.62. The van der Waals surface area contributed by atoms with Crippen LogP contribution in [0.2, 0.25) is 0 Å². The third-order valence-electron chi connectivity index (χ3n) is 1.94. The van der Waals surface area contributed by atoms with Crippen LogP contribution in [0.4, 0.5) is 11.4 Å². The van der Waals surface area contributed by atoms with Gasteiger partial charge in [-0.2, -0.15) is 0 Å². The van der Waals surface area contributed by atoms with E-state index in [4.69, 9.17) is 9.47 Å². The van der Waals surface area contributed by atoms with Crippen LogP contribution in [-0.2, 0) is 14.4 Å². The maximum absolute atomic E-state index is 10.6. The molecule has 1 aromatic rings. The highest BCUT2D eigenvalue weighted by Gasteiger charge is 2.12. The van der Waals surface area contributed by atoms with Crippen LogP contribution < -0.4 is 10.2 Å². The van der Waals surface area contributed by atoms with Gasteiger partial charge in [-0.3, -0.25) is 14.9 Å². The van der Waals surface area contributed by atoms with Crippen molar-refractivity contribution in [2.45, 2.75) is 0 Å². The molecule has 0 amide bonds. The van der Waals surface area contributed by atoms with Crippen LogP contribution in [0.1, 0.15) is 0 Å². The van der Waals surface area contributed by atoms with Gasteiger partial charge in [0, 0.05) is 19.2 Å². The van der Waals surface area contributed by atoms with E-state index >= 15 is 0 Å². The summed E-state index contributed by atoms with van der Waals surface area (Å²) in [6, 6.07) is 3.89. The molecular weight excluding hydrogens is 244 g/mol. The van der Waals surface area contributed by atoms with Gasteiger partial charge in [0.15, 0.2) is 0 Å². The molecule has 0 radical (unpaired) electrons. The summed E-state index contributed by atoms with van der Waals surface area (Å²) in [5, 5.41) is 10.6. The van der Waals surface area contributed by atoms with E-state index in [0.29, 0.717) is 12.4 Å². The van der Waals surface area contributed by atoms with Crippen LogP contribution in [0, 0.1) is 10.1 Å². The van der Waals surface area contributed by atoms with Crippen molar-refractivity contribution in [2.75, 3.05) is 25.8 Å². The molecular formula is C10H12N2O6. The molecule has 0 aliphatic carbocycles. The molecule has 0 aliphatic heterocycles. The zero-order valence-electron chi connectivity index (χ0n) is 9.62. The van der Waals surface area contributed by atoms with Gasteiger partial charge in [0.1, 0.15) is 18.0 Å². The fourth-order valence-corrected chi connectivity index (χ4v) is 1.16. The molecule has 8 nitrogen and oxygen atoms in total. The van der Waals surface area contributed by atoms with E-state index in [2.05, 4.69) is 10.3 Å². The summed E-state index contributed by atoms with van der Waals surface area (Å²) >= 11 is 0. The van der Waals surface area contributed by atoms with E-state index < -0.39 is 4.92 Å². The molecule has 0 spiro atoms. The Morgan fingerprint density at radius 1 is 1.44 bits per heavy atom. The number of anilines is 1. The van der Waals surface area contributed by atoms with E-state index in [1.165, 1.54) is 25.3 Å². The Labute approximate surface area is 103 Å². The quantitative estimate of drug-likeness (QED) is 0.322. The lowest BCUT2D eigenvalue weighted by atomic mass is 10.2. The van der Waals surface area contributed by atoms with Gasteiger partial charge < -0.3 is 14.3 Å². The number of carbonyl (C=O) groups excluding carboxylic acids is 1. The number of rotatable bonds is 8. The summed E-state index contributed by atoms with van der Waals surface area (Å²) in [5.41, 5.74) is 2.29. The van der Waals surface area contributed by atoms with Gasteiger partial charge in [0.05, 0.1) is 11.5 Å². The highest BCUT2D eigenvalue weighted by atomic mass is 16.7. The average molecular weight is 256 g/mol. The Hall–Kier alpha value is -2.35. The Balaban J connectivity index is 2.85. The molecule has 0 fully saturated rings. The predicted octanol–water partition coefficient (Wildman–Crippen LogP) is 1.12. The van der Waals surface area contributed by atoms with Crippen LogP contribution in [0.5, 0.6) is 5.75 Å². The number of non-ortho nitro benzene ring substituents is 1. The summed E-state index contributed by atoms with van der Waals surface area (Å²) in [7, 11) is 1.52. The van der Waals surface area contributed by atoms with Crippen molar-refractivity contribution in [3.8, 4) is 5.75 Å². The van der Waals surface area contributed by atoms with Gasteiger partial charge in [-0.1, -0.05) is 0 Å². The number of ether oxygens (including phenoxy) is 2.